The number of nitrogens with zero attached hydrogens (tertiary/aromatic N) is 3. The summed E-state index contributed by atoms with van der Waals surface area (Å²) in [6, 6.07) is 3.07. The van der Waals surface area contributed by atoms with Gasteiger partial charge in [0.05, 0.1) is 11.0 Å². The normalized spacial score (nSPS) is 21.5. The molecule has 1 saturated heterocycles. The van der Waals surface area contributed by atoms with Gasteiger partial charge in [-0.2, -0.15) is 0 Å². The Morgan fingerprint density at radius 3 is 3.06 bits per heavy atom. The van der Waals surface area contributed by atoms with E-state index in [0.717, 1.165) is 19.5 Å². The summed E-state index contributed by atoms with van der Waals surface area (Å²) in [6.07, 6.45) is 2.49. The molecule has 2 rings (SSSR count). The van der Waals surface area contributed by atoms with Crippen molar-refractivity contribution in [1.29, 1.82) is 0 Å². The van der Waals surface area contributed by atoms with Crippen molar-refractivity contribution in [2.75, 3.05) is 18.0 Å². The molecule has 92 valence electrons. The van der Waals surface area contributed by atoms with Crippen LogP contribution in [0.2, 0.25) is 0 Å². The van der Waals surface area contributed by atoms with Crippen LogP contribution in [-0.4, -0.2) is 29.0 Å². The van der Waals surface area contributed by atoms with Crippen molar-refractivity contribution in [1.82, 2.24) is 4.98 Å². The van der Waals surface area contributed by atoms with Gasteiger partial charge in [0.25, 0.3) is 5.69 Å². The number of pyridine rings is 1. The van der Waals surface area contributed by atoms with Gasteiger partial charge in [-0.05, 0) is 19.3 Å². The summed E-state index contributed by atoms with van der Waals surface area (Å²) in [6.45, 7) is 3.68. The maximum atomic E-state index is 10.7. The average molecular weight is 236 g/mol. The molecule has 0 aromatic carbocycles. The van der Waals surface area contributed by atoms with E-state index in [0.29, 0.717) is 11.7 Å². The summed E-state index contributed by atoms with van der Waals surface area (Å²) >= 11 is 0. The van der Waals surface area contributed by atoms with Gasteiger partial charge in [-0.1, -0.05) is 0 Å². The van der Waals surface area contributed by atoms with Crippen LogP contribution in [0.3, 0.4) is 0 Å². The number of hydrogen-bond acceptors (Lipinski definition) is 5. The maximum Gasteiger partial charge on any atom is 0.274 e. The minimum atomic E-state index is -0.399. The van der Waals surface area contributed by atoms with E-state index < -0.39 is 4.92 Å². The molecule has 1 aliphatic heterocycles. The van der Waals surface area contributed by atoms with E-state index in [1.807, 2.05) is 6.92 Å². The van der Waals surface area contributed by atoms with Crippen LogP contribution in [-0.2, 0) is 0 Å². The molecular formula is C11H16N4O2. The molecule has 17 heavy (non-hydrogen) atoms. The molecule has 0 spiro atoms. The lowest BCUT2D eigenvalue weighted by Gasteiger charge is -2.18. The molecule has 1 aliphatic rings. The predicted octanol–water partition coefficient (Wildman–Crippen LogP) is 1.16. The fourth-order valence-electron chi connectivity index (χ4n) is 2.12. The number of hydrogen-bond donors (Lipinski definition) is 1. The smallest absolute Gasteiger partial charge is 0.274 e. The summed E-state index contributed by atoms with van der Waals surface area (Å²) < 4.78 is 0. The number of anilines is 1. The van der Waals surface area contributed by atoms with Crippen LogP contribution in [0.5, 0.6) is 0 Å². The van der Waals surface area contributed by atoms with Crippen molar-refractivity contribution < 1.29 is 4.92 Å². The zero-order chi connectivity index (χ0) is 12.4. The summed E-state index contributed by atoms with van der Waals surface area (Å²) in [5.74, 6) is 1.11. The van der Waals surface area contributed by atoms with E-state index in [1.165, 1.54) is 18.3 Å². The highest BCUT2D eigenvalue weighted by Gasteiger charge is 2.26. The van der Waals surface area contributed by atoms with E-state index in [2.05, 4.69) is 9.88 Å². The van der Waals surface area contributed by atoms with E-state index in [1.54, 1.807) is 0 Å². The lowest BCUT2D eigenvalue weighted by atomic mass is 10.0. The lowest BCUT2D eigenvalue weighted by Crippen LogP contribution is -2.29. The minimum Gasteiger partial charge on any atom is -0.356 e. The molecule has 6 heteroatoms. The average Bonchev–Trinajstić information content (AvgIpc) is 2.78. The molecule has 1 aromatic heterocycles. The molecule has 0 radical (unpaired) electrons. The molecule has 2 N–H and O–H groups in total. The first-order valence-corrected chi connectivity index (χ1v) is 5.69. The van der Waals surface area contributed by atoms with Crippen molar-refractivity contribution in [3.63, 3.8) is 0 Å². The van der Waals surface area contributed by atoms with E-state index in [-0.39, 0.29) is 11.7 Å². The number of nitro groups is 1. The Labute approximate surface area is 99.6 Å². The highest BCUT2D eigenvalue weighted by atomic mass is 16.6. The van der Waals surface area contributed by atoms with Gasteiger partial charge in [0.15, 0.2) is 0 Å². The second-order valence-corrected chi connectivity index (χ2v) is 4.48. The van der Waals surface area contributed by atoms with Gasteiger partial charge in [-0.3, -0.25) is 10.1 Å². The Kier molecular flexibility index (Phi) is 3.23. The molecule has 1 aromatic rings. The van der Waals surface area contributed by atoms with Gasteiger partial charge in [0.1, 0.15) is 5.82 Å². The van der Waals surface area contributed by atoms with Crippen molar-refractivity contribution >= 4 is 11.5 Å². The molecular weight excluding hydrogens is 220 g/mol. The maximum absolute atomic E-state index is 10.7. The van der Waals surface area contributed by atoms with Gasteiger partial charge in [0, 0.05) is 31.4 Å². The highest BCUT2D eigenvalue weighted by molar-refractivity contribution is 5.47. The van der Waals surface area contributed by atoms with Crippen LogP contribution in [0.15, 0.2) is 18.3 Å². The van der Waals surface area contributed by atoms with Gasteiger partial charge >= 0.3 is 0 Å². The quantitative estimate of drug-likeness (QED) is 0.628. The second kappa shape index (κ2) is 4.67. The van der Waals surface area contributed by atoms with E-state index in [4.69, 9.17) is 5.73 Å². The first kappa shape index (κ1) is 11.8. The summed E-state index contributed by atoms with van der Waals surface area (Å²) in [5, 5.41) is 10.7. The SMILES string of the molecule is CC(N)C1CCN(c2cc([N+](=O)[O-])ccn2)C1. The zero-order valence-electron chi connectivity index (χ0n) is 9.74. The third-order valence-corrected chi connectivity index (χ3v) is 3.23. The molecule has 1 fully saturated rings. The third-order valence-electron chi connectivity index (χ3n) is 3.23. The molecule has 0 saturated carbocycles. The minimum absolute atomic E-state index is 0.0826. The molecule has 2 unspecified atom stereocenters. The first-order chi connectivity index (χ1) is 8.08. The molecule has 2 heterocycles. The number of rotatable bonds is 3. The number of aromatic nitrogens is 1. The van der Waals surface area contributed by atoms with Gasteiger partial charge in [0.2, 0.25) is 0 Å². The highest BCUT2D eigenvalue weighted by Crippen LogP contribution is 2.25. The van der Waals surface area contributed by atoms with Crippen LogP contribution in [0.1, 0.15) is 13.3 Å². The number of nitrogens with two attached hydrogens (primary N) is 1. The Morgan fingerprint density at radius 2 is 2.47 bits per heavy atom. The van der Waals surface area contributed by atoms with Crippen LogP contribution >= 0.6 is 0 Å². The van der Waals surface area contributed by atoms with Crippen LogP contribution < -0.4 is 10.6 Å². The van der Waals surface area contributed by atoms with Gasteiger partial charge in [-0.25, -0.2) is 4.98 Å². The summed E-state index contributed by atoms with van der Waals surface area (Å²) in [5.41, 5.74) is 5.94. The Balaban J connectivity index is 2.13. The molecule has 0 amide bonds. The van der Waals surface area contributed by atoms with Gasteiger partial charge in [-0.15, -0.1) is 0 Å². The Morgan fingerprint density at radius 1 is 1.71 bits per heavy atom. The lowest BCUT2D eigenvalue weighted by molar-refractivity contribution is -0.384. The van der Waals surface area contributed by atoms with Crippen molar-refractivity contribution in [2.24, 2.45) is 11.7 Å². The fourth-order valence-corrected chi connectivity index (χ4v) is 2.12. The zero-order valence-corrected chi connectivity index (χ0v) is 9.74. The molecule has 0 bridgehead atoms. The summed E-state index contributed by atoms with van der Waals surface area (Å²) in [4.78, 5) is 16.5. The monoisotopic (exact) mass is 236 g/mol. The van der Waals surface area contributed by atoms with Crippen molar-refractivity contribution in [3.05, 3.63) is 28.4 Å². The predicted molar refractivity (Wildman–Crippen MR) is 64.9 cm³/mol. The largest absolute Gasteiger partial charge is 0.356 e. The van der Waals surface area contributed by atoms with E-state index >= 15 is 0 Å². The van der Waals surface area contributed by atoms with Crippen LogP contribution in [0.25, 0.3) is 0 Å². The second-order valence-electron chi connectivity index (χ2n) is 4.48. The van der Waals surface area contributed by atoms with Crippen molar-refractivity contribution in [2.45, 2.75) is 19.4 Å². The third kappa shape index (κ3) is 2.52. The Bertz CT molecular complexity index is 422. The first-order valence-electron chi connectivity index (χ1n) is 5.69. The van der Waals surface area contributed by atoms with Crippen LogP contribution in [0.4, 0.5) is 11.5 Å². The standard InChI is InChI=1S/C11H16N4O2/c1-8(12)9-3-5-14(7-9)11-6-10(15(16)17)2-4-13-11/h2,4,6,8-9H,3,5,7,12H2,1H3. The van der Waals surface area contributed by atoms with Gasteiger partial charge < -0.3 is 10.6 Å². The topological polar surface area (TPSA) is 85.3 Å². The van der Waals surface area contributed by atoms with Crippen LogP contribution in [0, 0.1) is 16.0 Å². The Hall–Kier alpha value is -1.69. The molecule has 2 atom stereocenters. The summed E-state index contributed by atoms with van der Waals surface area (Å²) in [7, 11) is 0. The molecule has 0 aliphatic carbocycles. The van der Waals surface area contributed by atoms with Crippen molar-refractivity contribution in [3.8, 4) is 0 Å². The fraction of sp³-hybridized carbons (Fsp3) is 0.545. The van der Waals surface area contributed by atoms with E-state index in [9.17, 15) is 10.1 Å². The molecule has 6 nitrogen and oxygen atoms in total.